The molecule has 0 bridgehead atoms. The molecule has 11 heteroatoms. The third-order valence-corrected chi connectivity index (χ3v) is 4.31. The summed E-state index contributed by atoms with van der Waals surface area (Å²) in [6.07, 6.45) is -1.60. The molecule has 0 amide bonds. The number of halogens is 3. The smallest absolute Gasteiger partial charge is 0.380 e. The van der Waals surface area contributed by atoms with Crippen LogP contribution >= 0.6 is 0 Å². The topological polar surface area (TPSA) is 96.9 Å². The van der Waals surface area contributed by atoms with Crippen LogP contribution in [-0.2, 0) is 15.8 Å². The van der Waals surface area contributed by atoms with Crippen LogP contribution in [0.3, 0.4) is 0 Å². The van der Waals surface area contributed by atoms with Crippen molar-refractivity contribution >= 4 is 23.4 Å². The van der Waals surface area contributed by atoms with Gasteiger partial charge in [0.2, 0.25) is 0 Å². The van der Waals surface area contributed by atoms with Crippen molar-refractivity contribution in [2.24, 2.45) is 10.9 Å². The van der Waals surface area contributed by atoms with Crippen LogP contribution in [0.15, 0.2) is 41.8 Å². The minimum absolute atomic E-state index is 0.0129. The van der Waals surface area contributed by atoms with Crippen molar-refractivity contribution in [3.8, 4) is 0 Å². The summed E-state index contributed by atoms with van der Waals surface area (Å²) in [6.45, 7) is 2.92. The van der Waals surface area contributed by atoms with E-state index in [2.05, 4.69) is 20.0 Å². The molecule has 1 fully saturated rings. The maximum Gasteiger partial charge on any atom is 0.419 e. The normalized spacial score (nSPS) is 15.4. The number of hydrogen-bond acceptors (Lipinski definition) is 7. The number of piperazine rings is 1. The summed E-state index contributed by atoms with van der Waals surface area (Å²) in [5.41, 5.74) is 5.46. The van der Waals surface area contributed by atoms with E-state index in [-0.39, 0.29) is 11.7 Å². The second-order valence-corrected chi connectivity index (χ2v) is 6.31. The van der Waals surface area contributed by atoms with E-state index in [4.69, 9.17) is 5.73 Å². The summed E-state index contributed by atoms with van der Waals surface area (Å²) in [6, 6.07) is 5.72. The van der Waals surface area contributed by atoms with Gasteiger partial charge in [-0.15, -0.1) is 0 Å². The Balaban J connectivity index is 1.66. The van der Waals surface area contributed by atoms with Crippen LogP contribution in [0.2, 0.25) is 0 Å². The molecule has 29 heavy (non-hydrogen) atoms. The number of rotatable bonds is 4. The SMILES string of the molecule is CC(=O)ON=C(N)c1ccc(N2CCN(c3ncccc3C(F)(F)F)CC2)nc1. The second kappa shape index (κ2) is 8.33. The summed E-state index contributed by atoms with van der Waals surface area (Å²) in [5, 5.41) is 3.49. The van der Waals surface area contributed by atoms with Crippen molar-refractivity contribution in [1.82, 2.24) is 9.97 Å². The molecular formula is C18H19F3N6O2. The van der Waals surface area contributed by atoms with Gasteiger partial charge in [-0.05, 0) is 24.3 Å². The minimum atomic E-state index is -4.45. The van der Waals surface area contributed by atoms with Crippen molar-refractivity contribution < 1.29 is 22.8 Å². The maximum atomic E-state index is 13.2. The van der Waals surface area contributed by atoms with Gasteiger partial charge in [-0.2, -0.15) is 13.2 Å². The molecule has 0 saturated carbocycles. The molecule has 0 spiro atoms. The Morgan fingerprint density at radius 2 is 1.83 bits per heavy atom. The molecule has 154 valence electrons. The summed E-state index contributed by atoms with van der Waals surface area (Å²) in [5.74, 6) is 0.0269. The fourth-order valence-corrected chi connectivity index (χ4v) is 2.91. The average Bonchev–Trinajstić information content (AvgIpc) is 2.71. The number of alkyl halides is 3. The lowest BCUT2D eigenvalue weighted by Gasteiger charge is -2.36. The lowest BCUT2D eigenvalue weighted by Crippen LogP contribution is -2.47. The van der Waals surface area contributed by atoms with E-state index < -0.39 is 17.7 Å². The maximum absolute atomic E-state index is 13.2. The van der Waals surface area contributed by atoms with E-state index in [9.17, 15) is 18.0 Å². The van der Waals surface area contributed by atoms with E-state index in [1.165, 1.54) is 25.4 Å². The Bertz CT molecular complexity index is 893. The zero-order valence-electron chi connectivity index (χ0n) is 15.6. The van der Waals surface area contributed by atoms with Crippen molar-refractivity contribution in [2.45, 2.75) is 13.1 Å². The third-order valence-electron chi connectivity index (χ3n) is 4.31. The number of carbonyl (C=O) groups excluding carboxylic acids is 1. The van der Waals surface area contributed by atoms with Crippen molar-refractivity contribution in [3.05, 3.63) is 47.8 Å². The molecule has 1 saturated heterocycles. The highest BCUT2D eigenvalue weighted by Gasteiger charge is 2.36. The predicted octanol–water partition coefficient (Wildman–Crippen LogP) is 2.01. The Labute approximate surface area is 164 Å². The standard InChI is InChI=1S/C18H19F3N6O2/c1-12(28)29-25-16(22)13-4-5-15(24-11-13)26-7-9-27(10-8-26)17-14(18(19,20)21)3-2-6-23-17/h2-6,11H,7-10H2,1H3,(H2,22,25). The number of aromatic nitrogens is 2. The molecule has 0 unspecified atom stereocenters. The highest BCUT2D eigenvalue weighted by Crippen LogP contribution is 2.35. The van der Waals surface area contributed by atoms with E-state index >= 15 is 0 Å². The molecule has 2 N–H and O–H groups in total. The molecule has 0 aliphatic carbocycles. The number of anilines is 2. The predicted molar refractivity (Wildman–Crippen MR) is 100 cm³/mol. The van der Waals surface area contributed by atoms with E-state index in [1.807, 2.05) is 4.90 Å². The lowest BCUT2D eigenvalue weighted by molar-refractivity contribution is -0.141. The zero-order valence-corrected chi connectivity index (χ0v) is 15.6. The Morgan fingerprint density at radius 3 is 2.41 bits per heavy atom. The van der Waals surface area contributed by atoms with Gasteiger partial charge in [-0.3, -0.25) is 0 Å². The number of oxime groups is 1. The van der Waals surface area contributed by atoms with Gasteiger partial charge < -0.3 is 20.4 Å². The number of nitrogens with zero attached hydrogens (tertiary/aromatic N) is 5. The van der Waals surface area contributed by atoms with Crippen LogP contribution in [-0.4, -0.2) is 48.0 Å². The quantitative estimate of drug-likeness (QED) is 0.358. The Hall–Kier alpha value is -3.37. The molecule has 0 aromatic carbocycles. The van der Waals surface area contributed by atoms with Crippen molar-refractivity contribution in [2.75, 3.05) is 36.0 Å². The molecule has 1 aliphatic rings. The van der Waals surface area contributed by atoms with Crippen LogP contribution in [0.4, 0.5) is 24.8 Å². The number of pyridine rings is 2. The molecule has 2 aromatic rings. The first kappa shape index (κ1) is 20.4. The molecule has 1 aliphatic heterocycles. The number of carbonyl (C=O) groups is 1. The highest BCUT2D eigenvalue weighted by molar-refractivity contribution is 5.97. The van der Waals surface area contributed by atoms with Gasteiger partial charge >= 0.3 is 12.1 Å². The van der Waals surface area contributed by atoms with Gasteiger partial charge in [0.05, 0.1) is 5.56 Å². The summed E-state index contributed by atoms with van der Waals surface area (Å²) < 4.78 is 39.6. The molecule has 3 rings (SSSR count). The van der Waals surface area contributed by atoms with Crippen molar-refractivity contribution in [1.29, 1.82) is 0 Å². The highest BCUT2D eigenvalue weighted by atomic mass is 19.4. The molecule has 3 heterocycles. The third kappa shape index (κ3) is 4.92. The lowest BCUT2D eigenvalue weighted by atomic mass is 10.2. The van der Waals surface area contributed by atoms with Crippen LogP contribution < -0.4 is 15.5 Å². The van der Waals surface area contributed by atoms with Crippen LogP contribution in [0, 0.1) is 0 Å². The summed E-state index contributed by atoms with van der Waals surface area (Å²) in [4.78, 5) is 27.1. The molecule has 0 radical (unpaired) electrons. The van der Waals surface area contributed by atoms with Gasteiger partial charge in [0, 0.05) is 51.1 Å². The summed E-state index contributed by atoms with van der Waals surface area (Å²) in [7, 11) is 0. The van der Waals surface area contributed by atoms with Gasteiger partial charge in [0.1, 0.15) is 11.6 Å². The molecule has 8 nitrogen and oxygen atoms in total. The first-order chi connectivity index (χ1) is 13.8. The fourth-order valence-electron chi connectivity index (χ4n) is 2.91. The van der Waals surface area contributed by atoms with Crippen molar-refractivity contribution in [3.63, 3.8) is 0 Å². The van der Waals surface area contributed by atoms with Gasteiger partial charge in [-0.25, -0.2) is 14.8 Å². The molecular weight excluding hydrogens is 389 g/mol. The average molecular weight is 408 g/mol. The fraction of sp³-hybridized carbons (Fsp3) is 0.333. The Morgan fingerprint density at radius 1 is 1.14 bits per heavy atom. The van der Waals surface area contributed by atoms with E-state index in [0.29, 0.717) is 37.6 Å². The Kier molecular flexibility index (Phi) is 5.85. The van der Waals surface area contributed by atoms with Crippen LogP contribution in [0.1, 0.15) is 18.1 Å². The van der Waals surface area contributed by atoms with Gasteiger partial charge in [0.15, 0.2) is 5.84 Å². The monoisotopic (exact) mass is 408 g/mol. The van der Waals surface area contributed by atoms with Crippen LogP contribution in [0.5, 0.6) is 0 Å². The van der Waals surface area contributed by atoms with Gasteiger partial charge in [-0.1, -0.05) is 5.16 Å². The minimum Gasteiger partial charge on any atom is -0.380 e. The largest absolute Gasteiger partial charge is 0.419 e. The number of amidine groups is 1. The number of nitrogens with two attached hydrogens (primary N) is 1. The second-order valence-electron chi connectivity index (χ2n) is 6.31. The molecule has 0 atom stereocenters. The van der Waals surface area contributed by atoms with Crippen LogP contribution in [0.25, 0.3) is 0 Å². The number of hydrogen-bond donors (Lipinski definition) is 1. The molecule has 2 aromatic heterocycles. The summed E-state index contributed by atoms with van der Waals surface area (Å²) >= 11 is 0. The first-order valence-corrected chi connectivity index (χ1v) is 8.75. The van der Waals surface area contributed by atoms with E-state index in [1.54, 1.807) is 17.0 Å². The van der Waals surface area contributed by atoms with E-state index in [0.717, 1.165) is 6.07 Å². The van der Waals surface area contributed by atoms with Gasteiger partial charge in [0.25, 0.3) is 0 Å². The first-order valence-electron chi connectivity index (χ1n) is 8.75. The zero-order chi connectivity index (χ0) is 21.0.